The van der Waals surface area contributed by atoms with Crippen molar-refractivity contribution in [3.8, 4) is 11.5 Å². The number of carbonyl (C=O) groups excluding carboxylic acids is 2. The van der Waals surface area contributed by atoms with E-state index >= 15 is 0 Å². The van der Waals surface area contributed by atoms with E-state index in [1.54, 1.807) is 0 Å². The van der Waals surface area contributed by atoms with Crippen molar-refractivity contribution >= 4 is 11.8 Å². The van der Waals surface area contributed by atoms with Crippen LogP contribution in [-0.4, -0.2) is 61.0 Å². The van der Waals surface area contributed by atoms with E-state index in [1.807, 2.05) is 65.4 Å². The highest BCUT2D eigenvalue weighted by Crippen LogP contribution is 2.37. The van der Waals surface area contributed by atoms with Crippen LogP contribution in [0.4, 0.5) is 0 Å². The maximum atomic E-state index is 13.1. The van der Waals surface area contributed by atoms with Crippen LogP contribution in [0.5, 0.6) is 11.5 Å². The monoisotopic (exact) mass is 406 g/mol. The molecule has 3 aliphatic heterocycles. The number of likely N-dealkylation sites (tertiary alicyclic amines) is 1. The van der Waals surface area contributed by atoms with Gasteiger partial charge in [-0.05, 0) is 25.0 Å². The van der Waals surface area contributed by atoms with Crippen molar-refractivity contribution in [1.82, 2.24) is 9.80 Å². The smallest absolute Gasteiger partial charge is 0.233 e. The van der Waals surface area contributed by atoms with Crippen molar-refractivity contribution in [2.75, 3.05) is 33.4 Å². The van der Waals surface area contributed by atoms with Crippen LogP contribution >= 0.6 is 0 Å². The number of hydrogen-bond donors (Lipinski definition) is 0. The molecule has 0 N–H and O–H groups in total. The molecule has 6 nitrogen and oxygen atoms in total. The van der Waals surface area contributed by atoms with Crippen LogP contribution < -0.4 is 9.47 Å². The molecule has 5 rings (SSSR count). The number of rotatable bonds is 3. The van der Waals surface area contributed by atoms with Gasteiger partial charge in [0.15, 0.2) is 0 Å². The van der Waals surface area contributed by atoms with Gasteiger partial charge in [-0.1, -0.05) is 36.4 Å². The summed E-state index contributed by atoms with van der Waals surface area (Å²) < 4.78 is 11.4. The Labute approximate surface area is 176 Å². The number of carbonyl (C=O) groups is 2. The van der Waals surface area contributed by atoms with Crippen LogP contribution in [0.1, 0.15) is 35.8 Å². The van der Waals surface area contributed by atoms with Crippen LogP contribution in [0.25, 0.3) is 0 Å². The van der Waals surface area contributed by atoms with E-state index in [0.717, 1.165) is 35.5 Å². The molecule has 0 spiro atoms. The first-order valence-electron chi connectivity index (χ1n) is 10.6. The molecule has 0 aliphatic carbocycles. The molecule has 3 aliphatic rings. The van der Waals surface area contributed by atoms with Gasteiger partial charge in [0, 0.05) is 37.3 Å². The zero-order valence-corrected chi connectivity index (χ0v) is 17.1. The molecule has 2 aromatic rings. The van der Waals surface area contributed by atoms with Crippen LogP contribution in [-0.2, 0) is 9.59 Å². The van der Waals surface area contributed by atoms with Gasteiger partial charge in [0.1, 0.15) is 36.5 Å². The third-order valence-electron chi connectivity index (χ3n) is 6.67. The number of benzene rings is 2. The lowest BCUT2D eigenvalue weighted by Gasteiger charge is -2.38. The number of nitrogens with zero attached hydrogens (tertiary/aromatic N) is 2. The molecular formula is C24H26N2O4. The standard InChI is InChI=1S/C24H26N2O4/c1-25(23(27)19-14-29-21-8-4-2-6-17(19)21)16-10-12-26(13-11-16)24(28)20-15-30-22-9-5-3-7-18(20)22/h2-9,16,19-20H,10-15H2,1H3/t19-,20+/m0/s1. The average Bonchev–Trinajstić information content (AvgIpc) is 3.42. The molecule has 0 unspecified atom stereocenters. The van der Waals surface area contributed by atoms with Gasteiger partial charge < -0.3 is 19.3 Å². The molecule has 2 aromatic carbocycles. The Morgan fingerprint density at radius 3 is 2.03 bits per heavy atom. The molecule has 3 heterocycles. The van der Waals surface area contributed by atoms with Crippen molar-refractivity contribution in [3.63, 3.8) is 0 Å². The van der Waals surface area contributed by atoms with E-state index in [9.17, 15) is 9.59 Å². The Bertz CT molecular complexity index is 967. The van der Waals surface area contributed by atoms with Gasteiger partial charge in [-0.2, -0.15) is 0 Å². The Hall–Kier alpha value is -3.02. The third kappa shape index (κ3) is 3.20. The van der Waals surface area contributed by atoms with Gasteiger partial charge in [0.2, 0.25) is 11.8 Å². The topological polar surface area (TPSA) is 59.1 Å². The van der Waals surface area contributed by atoms with Gasteiger partial charge >= 0.3 is 0 Å². The normalized spacial score (nSPS) is 22.6. The van der Waals surface area contributed by atoms with Crippen LogP contribution in [0.2, 0.25) is 0 Å². The number of hydrogen-bond acceptors (Lipinski definition) is 4. The van der Waals surface area contributed by atoms with Crippen molar-refractivity contribution in [2.45, 2.75) is 30.7 Å². The fourth-order valence-corrected chi connectivity index (χ4v) is 4.85. The van der Waals surface area contributed by atoms with Gasteiger partial charge in [-0.25, -0.2) is 0 Å². The largest absolute Gasteiger partial charge is 0.492 e. The number of amides is 2. The lowest BCUT2D eigenvalue weighted by Crippen LogP contribution is -2.49. The first kappa shape index (κ1) is 19.0. The summed E-state index contributed by atoms with van der Waals surface area (Å²) in [7, 11) is 1.88. The molecule has 2 atom stereocenters. The van der Waals surface area contributed by atoms with E-state index in [4.69, 9.17) is 9.47 Å². The van der Waals surface area contributed by atoms with Crippen molar-refractivity contribution in [3.05, 3.63) is 59.7 Å². The molecule has 1 fully saturated rings. The lowest BCUT2D eigenvalue weighted by molar-refractivity contribution is -0.137. The lowest BCUT2D eigenvalue weighted by atomic mass is 9.95. The molecule has 0 saturated carbocycles. The summed E-state index contributed by atoms with van der Waals surface area (Å²) in [6.07, 6.45) is 1.58. The molecule has 6 heteroatoms. The van der Waals surface area contributed by atoms with E-state index in [2.05, 4.69) is 0 Å². The molecule has 0 bridgehead atoms. The Kier molecular flexibility index (Phi) is 4.85. The quantitative estimate of drug-likeness (QED) is 0.787. The van der Waals surface area contributed by atoms with Gasteiger partial charge in [-0.3, -0.25) is 9.59 Å². The summed E-state index contributed by atoms with van der Waals surface area (Å²) >= 11 is 0. The number of fused-ring (bicyclic) bond motifs is 2. The zero-order chi connectivity index (χ0) is 20.7. The highest BCUT2D eigenvalue weighted by Gasteiger charge is 2.38. The molecule has 30 heavy (non-hydrogen) atoms. The van der Waals surface area contributed by atoms with E-state index in [-0.39, 0.29) is 29.7 Å². The van der Waals surface area contributed by atoms with E-state index < -0.39 is 0 Å². The van der Waals surface area contributed by atoms with Crippen LogP contribution in [0.15, 0.2) is 48.5 Å². The van der Waals surface area contributed by atoms with Crippen molar-refractivity contribution in [1.29, 1.82) is 0 Å². The Balaban J connectivity index is 1.20. The minimum Gasteiger partial charge on any atom is -0.492 e. The van der Waals surface area contributed by atoms with Gasteiger partial charge in [-0.15, -0.1) is 0 Å². The molecule has 0 radical (unpaired) electrons. The molecule has 1 saturated heterocycles. The average molecular weight is 406 g/mol. The summed E-state index contributed by atoms with van der Waals surface area (Å²) in [5.41, 5.74) is 1.96. The Morgan fingerprint density at radius 1 is 0.867 bits per heavy atom. The second kappa shape index (κ2) is 7.67. The minimum absolute atomic E-state index is 0.0999. The van der Waals surface area contributed by atoms with Gasteiger partial charge in [0.05, 0.1) is 0 Å². The molecular weight excluding hydrogens is 380 g/mol. The summed E-state index contributed by atoms with van der Waals surface area (Å²) in [6, 6.07) is 15.7. The molecule has 156 valence electrons. The second-order valence-electron chi connectivity index (χ2n) is 8.31. The van der Waals surface area contributed by atoms with E-state index in [1.165, 1.54) is 0 Å². The number of ether oxygens (including phenoxy) is 2. The van der Waals surface area contributed by atoms with E-state index in [0.29, 0.717) is 26.3 Å². The first-order chi connectivity index (χ1) is 14.6. The fraction of sp³-hybridized carbons (Fsp3) is 0.417. The summed E-state index contributed by atoms with van der Waals surface area (Å²) in [4.78, 5) is 30.0. The SMILES string of the molecule is CN(C(=O)[C@H]1COc2ccccc21)C1CCN(C(=O)[C@@H]2COc3ccccc32)CC1. The first-order valence-corrected chi connectivity index (χ1v) is 10.6. The van der Waals surface area contributed by atoms with Crippen LogP contribution in [0.3, 0.4) is 0 Å². The minimum atomic E-state index is -0.238. The number of para-hydroxylation sites is 2. The number of likely N-dealkylation sites (N-methyl/N-ethyl adjacent to an activating group) is 1. The maximum absolute atomic E-state index is 13.1. The molecule has 0 aromatic heterocycles. The van der Waals surface area contributed by atoms with Crippen LogP contribution in [0, 0.1) is 0 Å². The highest BCUT2D eigenvalue weighted by atomic mass is 16.5. The van der Waals surface area contributed by atoms with Crippen molar-refractivity contribution < 1.29 is 19.1 Å². The zero-order valence-electron chi connectivity index (χ0n) is 17.1. The predicted molar refractivity (Wildman–Crippen MR) is 112 cm³/mol. The maximum Gasteiger partial charge on any atom is 0.233 e. The fourth-order valence-electron chi connectivity index (χ4n) is 4.85. The predicted octanol–water partition coefficient (Wildman–Crippen LogP) is 2.79. The third-order valence-corrected chi connectivity index (χ3v) is 6.67. The van der Waals surface area contributed by atoms with Gasteiger partial charge in [0.25, 0.3) is 0 Å². The summed E-state index contributed by atoms with van der Waals surface area (Å²) in [5.74, 6) is 1.40. The highest BCUT2D eigenvalue weighted by molar-refractivity contribution is 5.86. The molecule has 2 amide bonds. The van der Waals surface area contributed by atoms with Crippen molar-refractivity contribution in [2.24, 2.45) is 0 Å². The number of piperidine rings is 1. The Morgan fingerprint density at radius 2 is 1.40 bits per heavy atom. The summed E-state index contributed by atoms with van der Waals surface area (Å²) in [6.45, 7) is 2.15. The summed E-state index contributed by atoms with van der Waals surface area (Å²) in [5, 5.41) is 0. The second-order valence-corrected chi connectivity index (χ2v) is 8.31.